The molecule has 6 aromatic rings. The lowest BCUT2D eigenvalue weighted by Crippen LogP contribution is -2.13. The summed E-state index contributed by atoms with van der Waals surface area (Å²) in [6.45, 7) is 4.62. The lowest BCUT2D eigenvalue weighted by molar-refractivity contribution is -0.112. The van der Waals surface area contributed by atoms with Crippen LogP contribution in [0.5, 0.6) is 0 Å². The van der Waals surface area contributed by atoms with Gasteiger partial charge in [-0.1, -0.05) is 64.5 Å². The summed E-state index contributed by atoms with van der Waals surface area (Å²) >= 11 is 3.25. The van der Waals surface area contributed by atoms with Crippen molar-refractivity contribution in [3.8, 4) is 22.3 Å². The second-order valence-corrected chi connectivity index (χ2v) is 13.4. The molecule has 0 unspecified atom stereocenters. The number of allylic oxidation sites excluding steroid dienone is 1. The third-order valence-electron chi connectivity index (χ3n) is 8.84. The molecule has 11 nitrogen and oxygen atoms in total. The molecule has 0 spiro atoms. The van der Waals surface area contributed by atoms with Gasteiger partial charge < -0.3 is 37.0 Å². The van der Waals surface area contributed by atoms with E-state index in [2.05, 4.69) is 36.5 Å². The van der Waals surface area contributed by atoms with Crippen LogP contribution in [0.15, 0.2) is 109 Å². The highest BCUT2D eigenvalue weighted by molar-refractivity contribution is 9.09. The van der Waals surface area contributed by atoms with Crippen LogP contribution in [0, 0.1) is 13.8 Å². The molecule has 0 saturated carbocycles. The van der Waals surface area contributed by atoms with Gasteiger partial charge >= 0.3 is 0 Å². The molecule has 276 valence electrons. The van der Waals surface area contributed by atoms with E-state index >= 15 is 0 Å². The van der Waals surface area contributed by atoms with Crippen LogP contribution in [-0.4, -0.2) is 64.5 Å². The van der Waals surface area contributed by atoms with Crippen molar-refractivity contribution in [3.05, 3.63) is 132 Å². The molecule has 54 heavy (non-hydrogen) atoms. The fourth-order valence-corrected chi connectivity index (χ4v) is 6.38. The number of nitrogens with zero attached hydrogens (tertiary/aromatic N) is 1. The minimum Gasteiger partial charge on any atom is -0.366 e. The molecule has 12 heteroatoms. The Hall–Kier alpha value is -6.24. The van der Waals surface area contributed by atoms with Gasteiger partial charge in [-0.3, -0.25) is 19.2 Å². The van der Waals surface area contributed by atoms with E-state index in [-0.39, 0.29) is 11.8 Å². The minimum absolute atomic E-state index is 0.169. The Morgan fingerprint density at radius 1 is 0.648 bits per heavy atom. The molecular formula is C42H42BrN7O4. The Balaban J connectivity index is 0.000000208. The number of fused-ring (bicyclic) bond motifs is 2. The van der Waals surface area contributed by atoms with E-state index < -0.39 is 11.8 Å². The van der Waals surface area contributed by atoms with Crippen LogP contribution in [0.4, 0.5) is 11.4 Å². The van der Waals surface area contributed by atoms with Crippen molar-refractivity contribution in [3.63, 3.8) is 0 Å². The smallest absolute Gasteiger partial charge is 0.250 e. The van der Waals surface area contributed by atoms with Gasteiger partial charge in [0.15, 0.2) is 0 Å². The number of hydrogen-bond acceptors (Lipinski definition) is 5. The predicted molar refractivity (Wildman–Crippen MR) is 222 cm³/mol. The molecule has 0 aliphatic heterocycles. The number of benzene rings is 4. The molecule has 4 amide bonds. The number of primary amides is 2. The molecule has 0 bridgehead atoms. The van der Waals surface area contributed by atoms with Crippen molar-refractivity contribution < 1.29 is 19.2 Å². The van der Waals surface area contributed by atoms with Gasteiger partial charge in [-0.25, -0.2) is 0 Å². The fourth-order valence-electron chi connectivity index (χ4n) is 6.19. The van der Waals surface area contributed by atoms with Gasteiger partial charge in [0, 0.05) is 58.6 Å². The number of halogens is 1. The zero-order valence-electron chi connectivity index (χ0n) is 30.4. The lowest BCUT2D eigenvalue weighted by atomic mass is 9.94. The monoisotopic (exact) mass is 787 g/mol. The maximum absolute atomic E-state index is 12.2. The standard InChI is InChI=1S/C22H24N4O2.C20H18BrN3O2/c1-14-15(6-4-7-19(14)25-20(27)8-5-13-26(2)3)16-9-10-18(22(23)28)21-17(16)11-12-24-21;1-12-13(4-2-5-17(12)24-18(25)6-3-10-21)14-7-8-16(20(22)26)19-15(14)9-11-23-19/h4-12,24H,13H2,1-3H3,(H2,23,28)(H,25,27);2-9,11,23H,10H2,1H3,(H2,22,26)(H,24,25)/b8-5+;6-3+. The van der Waals surface area contributed by atoms with Gasteiger partial charge in [0.2, 0.25) is 11.8 Å². The third kappa shape index (κ3) is 8.85. The Bertz CT molecular complexity index is 2420. The van der Waals surface area contributed by atoms with Crippen LogP contribution in [0.1, 0.15) is 31.8 Å². The van der Waals surface area contributed by atoms with Crippen molar-refractivity contribution in [2.45, 2.75) is 13.8 Å². The van der Waals surface area contributed by atoms with Crippen molar-refractivity contribution in [1.29, 1.82) is 0 Å². The highest BCUT2D eigenvalue weighted by Crippen LogP contribution is 2.36. The second-order valence-electron chi connectivity index (χ2n) is 12.7. The highest BCUT2D eigenvalue weighted by Gasteiger charge is 2.17. The maximum atomic E-state index is 12.2. The van der Waals surface area contributed by atoms with Gasteiger partial charge in [0.1, 0.15) is 0 Å². The zero-order valence-corrected chi connectivity index (χ0v) is 32.0. The SMILES string of the molecule is Cc1c(NC(=O)/C=C/CBr)cccc1-c1ccc(C(N)=O)c2[nH]ccc12.Cc1c(NC(=O)/C=C/CN(C)C)cccc1-c1ccc(C(N)=O)c2[nH]ccc12. The van der Waals surface area contributed by atoms with Crippen LogP contribution >= 0.6 is 15.9 Å². The number of rotatable bonds is 11. The molecule has 8 N–H and O–H groups in total. The number of alkyl halides is 1. The number of anilines is 2. The molecule has 6 rings (SSSR count). The van der Waals surface area contributed by atoms with E-state index in [1.54, 1.807) is 30.6 Å². The highest BCUT2D eigenvalue weighted by atomic mass is 79.9. The predicted octanol–water partition coefficient (Wildman–Crippen LogP) is 7.43. The Labute approximate surface area is 321 Å². The van der Waals surface area contributed by atoms with E-state index in [0.717, 1.165) is 55.5 Å². The van der Waals surface area contributed by atoms with Gasteiger partial charge in [-0.2, -0.15) is 0 Å². The number of nitrogens with two attached hydrogens (primary N) is 2. The normalized spacial score (nSPS) is 11.3. The molecular weight excluding hydrogens is 746 g/mol. The molecule has 0 fully saturated rings. The molecule has 0 saturated heterocycles. The molecule has 4 aromatic carbocycles. The summed E-state index contributed by atoms with van der Waals surface area (Å²) in [5, 5.41) is 8.28. The number of aromatic nitrogens is 2. The molecule has 0 radical (unpaired) electrons. The molecule has 0 aliphatic carbocycles. The van der Waals surface area contributed by atoms with Crippen LogP contribution in [0.25, 0.3) is 44.1 Å². The van der Waals surface area contributed by atoms with Crippen LogP contribution in [-0.2, 0) is 9.59 Å². The summed E-state index contributed by atoms with van der Waals surface area (Å²) in [5.41, 5.74) is 20.6. The number of carbonyl (C=O) groups excluding carboxylic acids is 4. The van der Waals surface area contributed by atoms with E-state index in [1.165, 1.54) is 12.2 Å². The number of aromatic amines is 2. The number of carbonyl (C=O) groups is 4. The van der Waals surface area contributed by atoms with Gasteiger partial charge in [0.05, 0.1) is 22.2 Å². The lowest BCUT2D eigenvalue weighted by Gasteiger charge is -2.14. The molecule has 0 atom stereocenters. The van der Waals surface area contributed by atoms with E-state index in [0.29, 0.717) is 34.0 Å². The van der Waals surface area contributed by atoms with Crippen LogP contribution in [0.3, 0.4) is 0 Å². The zero-order chi connectivity index (χ0) is 38.9. The number of likely N-dealkylation sites (N-methyl/N-ethyl adjacent to an activating group) is 1. The van der Waals surface area contributed by atoms with Crippen molar-refractivity contribution in [1.82, 2.24) is 14.9 Å². The number of nitrogens with one attached hydrogen (secondary N) is 4. The topological polar surface area (TPSA) is 179 Å². The summed E-state index contributed by atoms with van der Waals surface area (Å²) in [4.78, 5) is 55.7. The van der Waals surface area contributed by atoms with Gasteiger partial charge in [0.25, 0.3) is 11.8 Å². The van der Waals surface area contributed by atoms with Crippen molar-refractivity contribution >= 4 is 72.7 Å². The minimum atomic E-state index is -0.472. The van der Waals surface area contributed by atoms with Crippen LogP contribution in [0.2, 0.25) is 0 Å². The van der Waals surface area contributed by atoms with Crippen LogP contribution < -0.4 is 22.1 Å². The third-order valence-corrected chi connectivity index (χ3v) is 9.21. The van der Waals surface area contributed by atoms with E-state index in [9.17, 15) is 19.2 Å². The summed E-state index contributed by atoms with van der Waals surface area (Å²) in [6, 6.07) is 22.6. The van der Waals surface area contributed by atoms with E-state index in [4.69, 9.17) is 11.5 Å². The first-order chi connectivity index (χ1) is 25.9. The average molecular weight is 789 g/mol. The number of amides is 4. The first kappa shape index (κ1) is 39.0. The quantitative estimate of drug-likeness (QED) is 0.0590. The first-order valence-electron chi connectivity index (χ1n) is 17.1. The first-order valence-corrected chi connectivity index (χ1v) is 18.2. The summed E-state index contributed by atoms with van der Waals surface area (Å²) in [5.74, 6) is -1.29. The summed E-state index contributed by atoms with van der Waals surface area (Å²) < 4.78 is 0. The fraction of sp³-hybridized carbons (Fsp3) is 0.143. The average Bonchev–Trinajstić information content (AvgIpc) is 3.83. The van der Waals surface area contributed by atoms with E-state index in [1.807, 2.05) is 99.6 Å². The Morgan fingerprint density at radius 3 is 1.50 bits per heavy atom. The van der Waals surface area contributed by atoms with Gasteiger partial charge in [-0.05, 0) is 97.7 Å². The Morgan fingerprint density at radius 2 is 1.09 bits per heavy atom. The second kappa shape index (κ2) is 17.5. The van der Waals surface area contributed by atoms with Gasteiger partial charge in [-0.15, -0.1) is 0 Å². The largest absolute Gasteiger partial charge is 0.366 e. The van der Waals surface area contributed by atoms with Crippen molar-refractivity contribution in [2.24, 2.45) is 11.5 Å². The number of hydrogen-bond donors (Lipinski definition) is 6. The molecule has 0 aliphatic rings. The maximum Gasteiger partial charge on any atom is 0.250 e. The number of H-pyrrole nitrogens is 2. The molecule has 2 aromatic heterocycles. The molecule has 2 heterocycles. The van der Waals surface area contributed by atoms with Crippen molar-refractivity contribution in [2.75, 3.05) is 36.6 Å². The summed E-state index contributed by atoms with van der Waals surface area (Å²) in [6.07, 6.45) is 10.2. The Kier molecular flexibility index (Phi) is 12.6. The summed E-state index contributed by atoms with van der Waals surface area (Å²) in [7, 11) is 3.89.